The first-order valence-corrected chi connectivity index (χ1v) is 12.6. The molecule has 1 aromatic heterocycles. The second kappa shape index (κ2) is 9.70. The third kappa shape index (κ3) is 4.95. The Morgan fingerprint density at radius 2 is 2.03 bits per heavy atom. The molecule has 8 heteroatoms. The Hall–Kier alpha value is -1.77. The van der Waals surface area contributed by atoms with Crippen LogP contribution >= 0.6 is 0 Å². The molecule has 8 nitrogen and oxygen atoms in total. The van der Waals surface area contributed by atoms with E-state index in [1.807, 2.05) is 6.92 Å². The van der Waals surface area contributed by atoms with Gasteiger partial charge in [-0.3, -0.25) is 4.79 Å². The molecule has 3 aliphatic rings. The van der Waals surface area contributed by atoms with E-state index in [2.05, 4.69) is 50.9 Å². The minimum Gasteiger partial charge on any atom is -0.460 e. The fraction of sp³-hybridized carbons (Fsp3) is 0.808. The lowest BCUT2D eigenvalue weighted by Gasteiger charge is -2.42. The van der Waals surface area contributed by atoms with E-state index in [4.69, 9.17) is 23.4 Å². The molecule has 2 aliphatic heterocycles. The van der Waals surface area contributed by atoms with E-state index in [9.17, 15) is 4.79 Å². The molecule has 1 aromatic rings. The summed E-state index contributed by atoms with van der Waals surface area (Å²) in [5, 5.41) is 8.24. The molecule has 0 amide bonds. The number of hydrogen-bond acceptors (Lipinski definition) is 8. The van der Waals surface area contributed by atoms with Crippen molar-refractivity contribution in [3.8, 4) is 0 Å². The number of aromatic nitrogens is 2. The molecule has 3 fully saturated rings. The maximum Gasteiger partial charge on any atom is 0.306 e. The molecule has 34 heavy (non-hydrogen) atoms. The first-order chi connectivity index (χ1) is 16.1. The maximum atomic E-state index is 13.1. The summed E-state index contributed by atoms with van der Waals surface area (Å²) in [7, 11) is 1.69. The van der Waals surface area contributed by atoms with E-state index in [1.165, 1.54) is 5.57 Å². The number of epoxide rings is 2. The Labute approximate surface area is 202 Å². The first-order valence-electron chi connectivity index (χ1n) is 12.6. The summed E-state index contributed by atoms with van der Waals surface area (Å²) >= 11 is 0. The predicted molar refractivity (Wildman–Crippen MR) is 125 cm³/mol. The Kier molecular flexibility index (Phi) is 7.23. The van der Waals surface area contributed by atoms with Gasteiger partial charge in [-0.2, -0.15) is 0 Å². The molecule has 3 heterocycles. The molecule has 190 valence electrons. The van der Waals surface area contributed by atoms with E-state index < -0.39 is 0 Å². The van der Waals surface area contributed by atoms with Crippen LogP contribution in [-0.4, -0.2) is 59.4 Å². The summed E-state index contributed by atoms with van der Waals surface area (Å²) in [5.41, 5.74) is 0.689. The van der Waals surface area contributed by atoms with Crippen molar-refractivity contribution < 1.29 is 28.2 Å². The van der Waals surface area contributed by atoms with Crippen LogP contribution in [0.15, 0.2) is 16.1 Å². The summed E-state index contributed by atoms with van der Waals surface area (Å²) in [4.78, 5) is 13.1. The average Bonchev–Trinajstić information content (AvgIpc) is 3.64. The molecule has 0 radical (unpaired) electrons. The topological polar surface area (TPSA) is 99.5 Å². The fourth-order valence-electron chi connectivity index (χ4n) is 5.63. The number of carbonyl (C=O) groups excluding carboxylic acids is 1. The van der Waals surface area contributed by atoms with Gasteiger partial charge < -0.3 is 23.4 Å². The Balaban J connectivity index is 1.45. The number of hydrogen-bond donors (Lipinski definition) is 0. The number of allylic oxidation sites excluding steroid dienone is 1. The molecular formula is C26H40N2O6. The van der Waals surface area contributed by atoms with Crippen LogP contribution in [0.2, 0.25) is 0 Å². The van der Waals surface area contributed by atoms with Crippen molar-refractivity contribution in [3.05, 3.63) is 23.4 Å². The number of nitrogens with zero attached hydrogens (tertiary/aromatic N) is 2. The van der Waals surface area contributed by atoms with Crippen LogP contribution < -0.4 is 0 Å². The smallest absolute Gasteiger partial charge is 0.306 e. The van der Waals surface area contributed by atoms with E-state index in [1.54, 1.807) is 7.11 Å². The summed E-state index contributed by atoms with van der Waals surface area (Å²) in [6, 6.07) is 0. The summed E-state index contributed by atoms with van der Waals surface area (Å²) in [6.45, 7) is 13.1. The van der Waals surface area contributed by atoms with E-state index in [0.29, 0.717) is 31.2 Å². The Morgan fingerprint density at radius 3 is 2.59 bits per heavy atom. The molecule has 0 bridgehead atoms. The van der Waals surface area contributed by atoms with Gasteiger partial charge in [-0.15, -0.1) is 10.2 Å². The number of esters is 1. The molecule has 1 spiro atoms. The van der Waals surface area contributed by atoms with Gasteiger partial charge in [0.1, 0.15) is 23.4 Å². The summed E-state index contributed by atoms with van der Waals surface area (Å²) < 4.78 is 30.1. The van der Waals surface area contributed by atoms with Gasteiger partial charge in [0.25, 0.3) is 0 Å². The molecule has 4 rings (SSSR count). The van der Waals surface area contributed by atoms with Crippen molar-refractivity contribution in [2.45, 2.75) is 109 Å². The minimum absolute atomic E-state index is 0.0102. The molecule has 0 aromatic carbocycles. The van der Waals surface area contributed by atoms with Gasteiger partial charge in [-0.05, 0) is 46.0 Å². The van der Waals surface area contributed by atoms with Crippen LogP contribution in [0.3, 0.4) is 0 Å². The summed E-state index contributed by atoms with van der Waals surface area (Å²) in [6.07, 6.45) is 4.98. The van der Waals surface area contributed by atoms with E-state index >= 15 is 0 Å². The molecule has 7 atom stereocenters. The van der Waals surface area contributed by atoms with Crippen molar-refractivity contribution in [1.29, 1.82) is 0 Å². The lowest BCUT2D eigenvalue weighted by Crippen LogP contribution is -2.55. The number of ether oxygens (including phenoxy) is 4. The Morgan fingerprint density at radius 1 is 1.29 bits per heavy atom. The van der Waals surface area contributed by atoms with Gasteiger partial charge in [-0.1, -0.05) is 32.4 Å². The third-order valence-electron chi connectivity index (χ3n) is 7.81. The van der Waals surface area contributed by atoms with Crippen molar-refractivity contribution in [2.75, 3.05) is 13.7 Å². The molecule has 1 saturated carbocycles. The standard InChI is InChI=1S/C26H40N2O6/c1-8-20-27-28-24(33-20)17(16(4)5)13-21(29)32-18-11-12-26(14-31-26)23(22(18)30-7)25(6)19(34-25)10-9-15(2)3/h9,16-19,22-23H,8,10-14H2,1-7H3/t17-,18-,19-,22-,23-,25+,26+/m1/s1. The zero-order valence-electron chi connectivity index (χ0n) is 21.6. The predicted octanol–water partition coefficient (Wildman–Crippen LogP) is 4.38. The molecular weight excluding hydrogens is 436 g/mol. The average molecular weight is 477 g/mol. The fourth-order valence-corrected chi connectivity index (χ4v) is 5.63. The van der Waals surface area contributed by atoms with Crippen molar-refractivity contribution in [1.82, 2.24) is 10.2 Å². The van der Waals surface area contributed by atoms with E-state index in [-0.39, 0.29) is 59.7 Å². The van der Waals surface area contributed by atoms with E-state index in [0.717, 1.165) is 12.8 Å². The molecule has 2 saturated heterocycles. The highest BCUT2D eigenvalue weighted by atomic mass is 16.6. The van der Waals surface area contributed by atoms with Gasteiger partial charge in [0.05, 0.1) is 31.0 Å². The van der Waals surface area contributed by atoms with Crippen molar-refractivity contribution >= 4 is 5.97 Å². The van der Waals surface area contributed by atoms with Crippen LogP contribution in [0.1, 0.15) is 84.9 Å². The van der Waals surface area contributed by atoms with Gasteiger partial charge in [0.15, 0.2) is 0 Å². The lowest BCUT2D eigenvalue weighted by atomic mass is 9.68. The number of carbonyl (C=O) groups is 1. The van der Waals surface area contributed by atoms with Crippen LogP contribution in [-0.2, 0) is 30.2 Å². The van der Waals surface area contributed by atoms with Crippen LogP contribution in [0.5, 0.6) is 0 Å². The second-order valence-corrected chi connectivity index (χ2v) is 10.8. The number of methoxy groups -OCH3 is 1. The van der Waals surface area contributed by atoms with Crippen LogP contribution in [0.25, 0.3) is 0 Å². The SMILES string of the molecule is CCc1nnc([C@H](CC(=O)O[C@@H]2CC[C@]3(CO3)[C@@H]([C@@]3(C)O[C@@H]3CC=C(C)C)[C@@H]2OC)C(C)C)o1. The molecule has 0 N–H and O–H groups in total. The third-order valence-corrected chi connectivity index (χ3v) is 7.81. The van der Waals surface area contributed by atoms with Gasteiger partial charge in [0.2, 0.25) is 11.8 Å². The van der Waals surface area contributed by atoms with Crippen molar-refractivity contribution in [2.24, 2.45) is 11.8 Å². The largest absolute Gasteiger partial charge is 0.460 e. The number of aryl methyl sites for hydroxylation is 1. The highest BCUT2D eigenvalue weighted by molar-refractivity contribution is 5.70. The quantitative estimate of drug-likeness (QED) is 0.279. The van der Waals surface area contributed by atoms with Gasteiger partial charge in [0, 0.05) is 13.5 Å². The Bertz CT molecular complexity index is 903. The van der Waals surface area contributed by atoms with Crippen LogP contribution in [0, 0.1) is 11.8 Å². The monoisotopic (exact) mass is 476 g/mol. The summed E-state index contributed by atoms with van der Waals surface area (Å²) in [5.74, 6) is 0.801. The number of rotatable bonds is 10. The normalized spacial score (nSPS) is 35.3. The zero-order valence-corrected chi connectivity index (χ0v) is 21.6. The highest BCUT2D eigenvalue weighted by Gasteiger charge is 2.72. The second-order valence-electron chi connectivity index (χ2n) is 10.8. The molecule has 0 unspecified atom stereocenters. The van der Waals surface area contributed by atoms with Crippen molar-refractivity contribution in [3.63, 3.8) is 0 Å². The lowest BCUT2D eigenvalue weighted by molar-refractivity contribution is -0.172. The minimum atomic E-state index is -0.352. The van der Waals surface area contributed by atoms with Gasteiger partial charge in [-0.25, -0.2) is 0 Å². The highest BCUT2D eigenvalue weighted by Crippen LogP contribution is 2.59. The zero-order chi connectivity index (χ0) is 24.7. The van der Waals surface area contributed by atoms with Crippen LogP contribution in [0.4, 0.5) is 0 Å². The van der Waals surface area contributed by atoms with Gasteiger partial charge >= 0.3 is 5.97 Å². The maximum absolute atomic E-state index is 13.1. The molecule has 1 aliphatic carbocycles. The first kappa shape index (κ1) is 25.3.